The van der Waals surface area contributed by atoms with Crippen LogP contribution in [0.3, 0.4) is 0 Å². The Kier molecular flexibility index (Phi) is 3.58. The summed E-state index contributed by atoms with van der Waals surface area (Å²) in [6.07, 6.45) is 2.59. The second-order valence-electron chi connectivity index (χ2n) is 6.40. The van der Waals surface area contributed by atoms with Crippen LogP contribution in [-0.4, -0.2) is 32.8 Å². The van der Waals surface area contributed by atoms with Crippen LogP contribution in [0.2, 0.25) is 0 Å². The number of aliphatic carboxylic acids is 1. The minimum absolute atomic E-state index is 0.0408. The number of hydrogen-bond donors (Lipinski definition) is 2. The van der Waals surface area contributed by atoms with Gasteiger partial charge in [-0.1, -0.05) is 0 Å². The largest absolute Gasteiger partial charge is 0.481 e. The van der Waals surface area contributed by atoms with Crippen molar-refractivity contribution in [2.75, 3.05) is 0 Å². The molecule has 0 radical (unpaired) electrons. The SMILES string of the molecule is Cc1c(C(=O)NC2CC(C(=O)O)C2)cnn1C(C)(C)C. The molecule has 0 saturated heterocycles. The topological polar surface area (TPSA) is 84.2 Å². The highest BCUT2D eigenvalue weighted by molar-refractivity contribution is 5.95. The lowest BCUT2D eigenvalue weighted by atomic mass is 9.80. The fraction of sp³-hybridized carbons (Fsp3) is 0.643. The monoisotopic (exact) mass is 279 g/mol. The van der Waals surface area contributed by atoms with Crippen LogP contribution in [0.25, 0.3) is 0 Å². The molecule has 0 unspecified atom stereocenters. The Morgan fingerprint density at radius 1 is 1.40 bits per heavy atom. The Labute approximate surface area is 118 Å². The van der Waals surface area contributed by atoms with Gasteiger partial charge in [0.15, 0.2) is 0 Å². The van der Waals surface area contributed by atoms with Crippen molar-refractivity contribution < 1.29 is 14.7 Å². The molecule has 0 aromatic carbocycles. The Morgan fingerprint density at radius 3 is 2.45 bits per heavy atom. The number of carboxylic acid groups (broad SMARTS) is 1. The molecule has 1 aliphatic carbocycles. The smallest absolute Gasteiger partial charge is 0.306 e. The Morgan fingerprint density at radius 2 is 2.00 bits per heavy atom. The van der Waals surface area contributed by atoms with E-state index in [4.69, 9.17) is 5.11 Å². The number of carbonyl (C=O) groups is 2. The first-order valence-electron chi connectivity index (χ1n) is 6.79. The highest BCUT2D eigenvalue weighted by Crippen LogP contribution is 2.28. The summed E-state index contributed by atoms with van der Waals surface area (Å²) in [6.45, 7) is 7.95. The van der Waals surface area contributed by atoms with E-state index in [9.17, 15) is 9.59 Å². The van der Waals surface area contributed by atoms with Crippen LogP contribution in [0.4, 0.5) is 0 Å². The van der Waals surface area contributed by atoms with Gasteiger partial charge in [-0.05, 0) is 40.5 Å². The van der Waals surface area contributed by atoms with Crippen molar-refractivity contribution in [3.05, 3.63) is 17.5 Å². The third kappa shape index (κ3) is 2.69. The van der Waals surface area contributed by atoms with Crippen molar-refractivity contribution in [2.24, 2.45) is 5.92 Å². The zero-order valence-corrected chi connectivity index (χ0v) is 12.3. The molecule has 0 spiro atoms. The zero-order valence-electron chi connectivity index (χ0n) is 12.3. The lowest BCUT2D eigenvalue weighted by Gasteiger charge is -2.32. The van der Waals surface area contributed by atoms with Gasteiger partial charge in [-0.2, -0.15) is 5.10 Å². The minimum atomic E-state index is -0.785. The van der Waals surface area contributed by atoms with E-state index in [1.54, 1.807) is 6.20 Å². The van der Waals surface area contributed by atoms with E-state index in [-0.39, 0.29) is 23.4 Å². The number of aromatic nitrogens is 2. The van der Waals surface area contributed by atoms with Gasteiger partial charge in [0.1, 0.15) is 0 Å². The summed E-state index contributed by atoms with van der Waals surface area (Å²) >= 11 is 0. The Balaban J connectivity index is 2.01. The van der Waals surface area contributed by atoms with Crippen molar-refractivity contribution >= 4 is 11.9 Å². The summed E-state index contributed by atoms with van der Waals surface area (Å²) in [5.41, 5.74) is 1.20. The van der Waals surface area contributed by atoms with Crippen molar-refractivity contribution in [2.45, 2.75) is 52.1 Å². The lowest BCUT2D eigenvalue weighted by Crippen LogP contribution is -2.46. The van der Waals surface area contributed by atoms with Crippen molar-refractivity contribution in [1.82, 2.24) is 15.1 Å². The predicted octanol–water partition coefficient (Wildman–Crippen LogP) is 1.54. The van der Waals surface area contributed by atoms with Gasteiger partial charge in [0.25, 0.3) is 5.91 Å². The highest BCUT2D eigenvalue weighted by atomic mass is 16.4. The molecule has 0 aliphatic heterocycles. The van der Waals surface area contributed by atoms with Gasteiger partial charge in [0.2, 0.25) is 0 Å². The molecule has 1 amide bonds. The second-order valence-corrected chi connectivity index (χ2v) is 6.40. The summed E-state index contributed by atoms with van der Waals surface area (Å²) in [5, 5.41) is 15.9. The molecule has 1 heterocycles. The van der Waals surface area contributed by atoms with Gasteiger partial charge >= 0.3 is 5.97 Å². The van der Waals surface area contributed by atoms with Gasteiger partial charge in [-0.15, -0.1) is 0 Å². The molecule has 2 rings (SSSR count). The van der Waals surface area contributed by atoms with Crippen LogP contribution in [0.1, 0.15) is 49.7 Å². The molecule has 6 heteroatoms. The molecule has 1 aromatic rings. The van der Waals surface area contributed by atoms with E-state index in [1.165, 1.54) is 0 Å². The number of hydrogen-bond acceptors (Lipinski definition) is 3. The molecule has 1 fully saturated rings. The maximum atomic E-state index is 12.2. The van der Waals surface area contributed by atoms with E-state index in [2.05, 4.69) is 10.4 Å². The van der Waals surface area contributed by atoms with Crippen LogP contribution < -0.4 is 5.32 Å². The first-order valence-corrected chi connectivity index (χ1v) is 6.79. The number of nitrogens with one attached hydrogen (secondary N) is 1. The van der Waals surface area contributed by atoms with Crippen molar-refractivity contribution in [1.29, 1.82) is 0 Å². The maximum Gasteiger partial charge on any atom is 0.306 e. The minimum Gasteiger partial charge on any atom is -0.481 e. The third-order valence-corrected chi connectivity index (χ3v) is 3.71. The summed E-state index contributed by atoms with van der Waals surface area (Å²) in [5.74, 6) is -1.28. The van der Waals surface area contributed by atoms with Gasteiger partial charge in [0, 0.05) is 11.7 Å². The van der Waals surface area contributed by atoms with Gasteiger partial charge in [-0.25, -0.2) is 0 Å². The summed E-state index contributed by atoms with van der Waals surface area (Å²) in [4.78, 5) is 22.9. The van der Waals surface area contributed by atoms with Crippen molar-refractivity contribution in [3.63, 3.8) is 0 Å². The molecule has 1 saturated carbocycles. The molecule has 2 N–H and O–H groups in total. The van der Waals surface area contributed by atoms with E-state index in [0.29, 0.717) is 18.4 Å². The van der Waals surface area contributed by atoms with Crippen molar-refractivity contribution in [3.8, 4) is 0 Å². The summed E-state index contributed by atoms with van der Waals surface area (Å²) in [7, 11) is 0. The van der Waals surface area contributed by atoms with Crippen LogP contribution >= 0.6 is 0 Å². The fourth-order valence-corrected chi connectivity index (χ4v) is 2.51. The highest BCUT2D eigenvalue weighted by Gasteiger charge is 2.35. The molecule has 6 nitrogen and oxygen atoms in total. The molecule has 0 atom stereocenters. The first-order chi connectivity index (χ1) is 9.20. The zero-order chi connectivity index (χ0) is 15.1. The normalized spacial score (nSPS) is 22.2. The van der Waals surface area contributed by atoms with Gasteiger partial charge < -0.3 is 10.4 Å². The average molecular weight is 279 g/mol. The molecule has 1 aromatic heterocycles. The Bertz CT molecular complexity index is 536. The van der Waals surface area contributed by atoms with Gasteiger partial charge in [0.05, 0.1) is 23.2 Å². The molecule has 0 bridgehead atoms. The van der Waals surface area contributed by atoms with E-state index in [1.807, 2.05) is 32.4 Å². The maximum absolute atomic E-state index is 12.2. The summed E-state index contributed by atoms with van der Waals surface area (Å²) < 4.78 is 1.82. The predicted molar refractivity (Wildman–Crippen MR) is 73.6 cm³/mol. The van der Waals surface area contributed by atoms with E-state index >= 15 is 0 Å². The summed E-state index contributed by atoms with van der Waals surface area (Å²) in [6, 6.07) is -0.0408. The lowest BCUT2D eigenvalue weighted by molar-refractivity contribution is -0.145. The first kappa shape index (κ1) is 14.6. The molecular weight excluding hydrogens is 258 g/mol. The molecular formula is C14H21N3O3. The average Bonchev–Trinajstić information content (AvgIpc) is 2.63. The molecule has 1 aliphatic rings. The fourth-order valence-electron chi connectivity index (χ4n) is 2.51. The second kappa shape index (κ2) is 4.92. The van der Waals surface area contributed by atoms with Crippen LogP contribution in [0.15, 0.2) is 6.20 Å². The number of rotatable bonds is 3. The molecule has 110 valence electrons. The number of amides is 1. The standard InChI is InChI=1S/C14H21N3O3/c1-8-11(7-15-17(8)14(2,3)4)12(18)16-10-5-9(6-10)13(19)20/h7,9-10H,5-6H2,1-4H3,(H,16,18)(H,19,20). The number of carbonyl (C=O) groups excluding carboxylic acids is 1. The number of nitrogens with zero attached hydrogens (tertiary/aromatic N) is 2. The van der Waals surface area contributed by atoms with E-state index in [0.717, 1.165) is 5.69 Å². The molecule has 20 heavy (non-hydrogen) atoms. The van der Waals surface area contributed by atoms with Crippen LogP contribution in [0.5, 0.6) is 0 Å². The number of carboxylic acids is 1. The third-order valence-electron chi connectivity index (χ3n) is 3.71. The van der Waals surface area contributed by atoms with Gasteiger partial charge in [-0.3, -0.25) is 14.3 Å². The van der Waals surface area contributed by atoms with E-state index < -0.39 is 5.97 Å². The van der Waals surface area contributed by atoms with Crippen LogP contribution in [0, 0.1) is 12.8 Å². The quantitative estimate of drug-likeness (QED) is 0.879. The van der Waals surface area contributed by atoms with Crippen LogP contribution in [-0.2, 0) is 10.3 Å². The Hall–Kier alpha value is -1.85.